The van der Waals surface area contributed by atoms with Crippen molar-refractivity contribution in [3.63, 3.8) is 0 Å². The van der Waals surface area contributed by atoms with Gasteiger partial charge in [0.1, 0.15) is 0 Å². The first-order valence-electron chi connectivity index (χ1n) is 4.83. The minimum Gasteiger partial charge on any atom is -0.368 e. The van der Waals surface area contributed by atoms with Crippen LogP contribution in [0.15, 0.2) is 30.3 Å². The predicted octanol–water partition coefficient (Wildman–Crippen LogP) is 0.958. The van der Waals surface area contributed by atoms with E-state index in [4.69, 9.17) is 10.5 Å². The van der Waals surface area contributed by atoms with Crippen LogP contribution in [-0.2, 0) is 9.53 Å². The van der Waals surface area contributed by atoms with Crippen LogP contribution in [0.2, 0.25) is 0 Å². The van der Waals surface area contributed by atoms with Crippen LogP contribution in [-0.4, -0.2) is 17.3 Å². The molecule has 1 aromatic rings. The summed E-state index contributed by atoms with van der Waals surface area (Å²) in [5.41, 5.74) is 5.85. The van der Waals surface area contributed by atoms with Gasteiger partial charge in [-0.3, -0.25) is 4.79 Å². The van der Waals surface area contributed by atoms with Gasteiger partial charge in [-0.05, 0) is 12.0 Å². The Bertz CT molecular complexity index is 313. The van der Waals surface area contributed by atoms with E-state index in [-0.39, 0.29) is 0 Å². The molecule has 0 aliphatic heterocycles. The summed E-state index contributed by atoms with van der Waals surface area (Å²) in [6, 6.07) is 8.87. The number of aliphatic hydroxyl groups excluding tert-OH is 1. The fraction of sp³-hybridized carbons (Fsp3) is 0.364. The maximum Gasteiger partial charge on any atom is 0.251 e. The van der Waals surface area contributed by atoms with Crippen LogP contribution >= 0.6 is 0 Å². The molecule has 0 fully saturated rings. The number of carbonyl (C=O) groups is 1. The van der Waals surface area contributed by atoms with Gasteiger partial charge in [0, 0.05) is 0 Å². The molecule has 82 valence electrons. The number of nitrogens with two attached hydrogens (primary N) is 1. The number of hydrogen-bond acceptors (Lipinski definition) is 3. The van der Waals surface area contributed by atoms with E-state index in [2.05, 4.69) is 0 Å². The molecule has 4 heteroatoms. The summed E-state index contributed by atoms with van der Waals surface area (Å²) in [5.74, 6) is -0.603. The highest BCUT2D eigenvalue weighted by molar-refractivity contribution is 5.80. The number of benzene rings is 1. The zero-order chi connectivity index (χ0) is 11.3. The molecule has 0 spiro atoms. The van der Waals surface area contributed by atoms with E-state index in [0.717, 1.165) is 0 Å². The highest BCUT2D eigenvalue weighted by atomic mass is 16.6. The first-order chi connectivity index (χ1) is 7.15. The van der Waals surface area contributed by atoms with Crippen LogP contribution < -0.4 is 5.73 Å². The summed E-state index contributed by atoms with van der Waals surface area (Å²) in [5, 5.41) is 9.31. The number of amides is 1. The lowest BCUT2D eigenvalue weighted by Gasteiger charge is -2.18. The molecule has 0 radical (unpaired) electrons. The van der Waals surface area contributed by atoms with Gasteiger partial charge in [0.2, 0.25) is 0 Å². The largest absolute Gasteiger partial charge is 0.368 e. The second-order valence-corrected chi connectivity index (χ2v) is 3.19. The molecule has 0 aliphatic carbocycles. The zero-order valence-electron chi connectivity index (χ0n) is 8.59. The summed E-state index contributed by atoms with van der Waals surface area (Å²) in [7, 11) is 0. The molecule has 1 amide bonds. The lowest BCUT2D eigenvalue weighted by Crippen LogP contribution is -2.27. The molecule has 15 heavy (non-hydrogen) atoms. The number of ether oxygens (including phenoxy) is 1. The van der Waals surface area contributed by atoms with Crippen molar-refractivity contribution in [3.8, 4) is 0 Å². The van der Waals surface area contributed by atoms with Crippen LogP contribution in [0.5, 0.6) is 0 Å². The first kappa shape index (κ1) is 11.7. The quantitative estimate of drug-likeness (QED) is 0.709. The summed E-state index contributed by atoms with van der Waals surface area (Å²) in [6.45, 7) is 1.76. The fourth-order valence-electron chi connectivity index (χ4n) is 1.19. The second kappa shape index (κ2) is 5.48. The summed E-state index contributed by atoms with van der Waals surface area (Å²) < 4.78 is 5.13. The third-order valence-electron chi connectivity index (χ3n) is 2.00. The number of carbonyl (C=O) groups excluding carboxylic acids is 1. The van der Waals surface area contributed by atoms with Gasteiger partial charge < -0.3 is 15.6 Å². The average molecular weight is 209 g/mol. The average Bonchev–Trinajstić information content (AvgIpc) is 2.26. The van der Waals surface area contributed by atoms with E-state index in [0.29, 0.717) is 12.0 Å². The third kappa shape index (κ3) is 3.34. The summed E-state index contributed by atoms with van der Waals surface area (Å²) in [6.07, 6.45) is -1.44. The van der Waals surface area contributed by atoms with E-state index < -0.39 is 18.3 Å². The van der Waals surface area contributed by atoms with E-state index in [1.165, 1.54) is 0 Å². The molecule has 2 atom stereocenters. The monoisotopic (exact) mass is 209 g/mol. The molecule has 1 rings (SSSR count). The Morgan fingerprint density at radius 2 is 2.07 bits per heavy atom. The molecule has 3 N–H and O–H groups in total. The van der Waals surface area contributed by atoms with E-state index in [1.807, 2.05) is 6.07 Å². The van der Waals surface area contributed by atoms with Crippen molar-refractivity contribution in [2.24, 2.45) is 5.73 Å². The molecule has 2 unspecified atom stereocenters. The van der Waals surface area contributed by atoms with Crippen molar-refractivity contribution in [3.05, 3.63) is 35.9 Å². The van der Waals surface area contributed by atoms with Gasteiger partial charge in [0.25, 0.3) is 5.91 Å². The van der Waals surface area contributed by atoms with Crippen molar-refractivity contribution in [1.29, 1.82) is 0 Å². The molecule has 1 aromatic carbocycles. The Morgan fingerprint density at radius 1 is 1.47 bits per heavy atom. The predicted molar refractivity (Wildman–Crippen MR) is 55.8 cm³/mol. The number of hydrogen-bond donors (Lipinski definition) is 2. The zero-order valence-corrected chi connectivity index (χ0v) is 8.59. The minimum atomic E-state index is -0.970. The Balaban J connectivity index is 2.80. The van der Waals surface area contributed by atoms with Crippen molar-refractivity contribution in [1.82, 2.24) is 0 Å². The van der Waals surface area contributed by atoms with Gasteiger partial charge in [0.05, 0.1) is 0 Å². The van der Waals surface area contributed by atoms with Crippen LogP contribution in [0.25, 0.3) is 0 Å². The van der Waals surface area contributed by atoms with Crippen LogP contribution in [0.4, 0.5) is 0 Å². The SMILES string of the molecule is CCC(O)OC(C(N)=O)c1ccccc1. The van der Waals surface area contributed by atoms with Gasteiger partial charge in [-0.1, -0.05) is 37.3 Å². The standard InChI is InChI=1S/C11H15NO3/c1-2-9(13)15-10(11(12)14)8-6-4-3-5-7-8/h3-7,9-10,13H,2H2,1H3,(H2,12,14). The van der Waals surface area contributed by atoms with Crippen molar-refractivity contribution in [2.45, 2.75) is 25.7 Å². The molecule has 0 heterocycles. The van der Waals surface area contributed by atoms with Crippen molar-refractivity contribution < 1.29 is 14.6 Å². The highest BCUT2D eigenvalue weighted by Gasteiger charge is 2.20. The van der Waals surface area contributed by atoms with Crippen LogP contribution in [0, 0.1) is 0 Å². The molecule has 0 saturated carbocycles. The third-order valence-corrected chi connectivity index (χ3v) is 2.00. The van der Waals surface area contributed by atoms with E-state index >= 15 is 0 Å². The van der Waals surface area contributed by atoms with Crippen molar-refractivity contribution in [2.75, 3.05) is 0 Å². The lowest BCUT2D eigenvalue weighted by atomic mass is 10.1. The number of aliphatic hydroxyl groups is 1. The van der Waals surface area contributed by atoms with E-state index in [9.17, 15) is 9.90 Å². The molecular weight excluding hydrogens is 194 g/mol. The van der Waals surface area contributed by atoms with E-state index in [1.54, 1.807) is 31.2 Å². The number of rotatable bonds is 5. The Morgan fingerprint density at radius 3 is 2.53 bits per heavy atom. The van der Waals surface area contributed by atoms with Gasteiger partial charge >= 0.3 is 0 Å². The van der Waals surface area contributed by atoms with Crippen molar-refractivity contribution >= 4 is 5.91 Å². The lowest BCUT2D eigenvalue weighted by molar-refractivity contribution is -0.160. The Hall–Kier alpha value is -1.39. The molecule has 0 saturated heterocycles. The molecule has 0 aliphatic rings. The molecular formula is C11H15NO3. The highest BCUT2D eigenvalue weighted by Crippen LogP contribution is 2.18. The molecule has 0 bridgehead atoms. The fourth-order valence-corrected chi connectivity index (χ4v) is 1.19. The smallest absolute Gasteiger partial charge is 0.251 e. The Labute approximate surface area is 88.7 Å². The van der Waals surface area contributed by atoms with Gasteiger partial charge in [-0.25, -0.2) is 0 Å². The van der Waals surface area contributed by atoms with Gasteiger partial charge in [-0.2, -0.15) is 0 Å². The number of primary amides is 1. The topological polar surface area (TPSA) is 72.6 Å². The summed E-state index contributed by atoms with van der Waals surface area (Å²) in [4.78, 5) is 11.1. The van der Waals surface area contributed by atoms with Gasteiger partial charge in [-0.15, -0.1) is 0 Å². The van der Waals surface area contributed by atoms with Gasteiger partial charge in [0.15, 0.2) is 12.4 Å². The maximum atomic E-state index is 11.1. The van der Waals surface area contributed by atoms with Crippen LogP contribution in [0.3, 0.4) is 0 Å². The molecule has 0 aromatic heterocycles. The van der Waals surface area contributed by atoms with Crippen LogP contribution in [0.1, 0.15) is 25.0 Å². The summed E-state index contributed by atoms with van der Waals surface area (Å²) >= 11 is 0. The Kier molecular flexibility index (Phi) is 4.27. The second-order valence-electron chi connectivity index (χ2n) is 3.19. The molecule has 4 nitrogen and oxygen atoms in total. The minimum absolute atomic E-state index is 0.413. The first-order valence-corrected chi connectivity index (χ1v) is 4.83. The normalized spacial score (nSPS) is 14.5. The maximum absolute atomic E-state index is 11.1.